The fraction of sp³-hybridized carbons (Fsp3) is 0.250. The van der Waals surface area contributed by atoms with E-state index in [1.54, 1.807) is 12.1 Å². The molecule has 2 aromatic carbocycles. The van der Waals surface area contributed by atoms with Crippen LogP contribution in [0, 0.1) is 5.92 Å². The highest BCUT2D eigenvalue weighted by molar-refractivity contribution is 9.10. The van der Waals surface area contributed by atoms with E-state index < -0.39 is 15.9 Å². The van der Waals surface area contributed by atoms with Crippen LogP contribution in [0.5, 0.6) is 0 Å². The lowest BCUT2D eigenvalue weighted by atomic mass is 9.77. The van der Waals surface area contributed by atoms with Crippen molar-refractivity contribution in [1.29, 1.82) is 0 Å². The lowest BCUT2D eigenvalue weighted by molar-refractivity contribution is -0.117. The van der Waals surface area contributed by atoms with Crippen molar-refractivity contribution >= 4 is 37.5 Å². The number of carbonyl (C=O) groups is 1. The Hall–Kier alpha value is -2.12. The number of benzene rings is 2. The van der Waals surface area contributed by atoms with E-state index in [2.05, 4.69) is 45.5 Å². The summed E-state index contributed by atoms with van der Waals surface area (Å²) in [7, 11) is -3.85. The Morgan fingerprint density at radius 3 is 2.63 bits per heavy atom. The van der Waals surface area contributed by atoms with Crippen molar-refractivity contribution in [3.05, 3.63) is 70.2 Å². The summed E-state index contributed by atoms with van der Waals surface area (Å²) in [6.45, 7) is 1.19. The van der Waals surface area contributed by atoms with Crippen LogP contribution in [-0.2, 0) is 14.8 Å². The number of allylic oxidation sites excluding steroid dienone is 2. The standard InChI is InChI=1S/C20H19BrN2O3S/c1-12(24)23-27(25,26)15-9-10-19-18(11-15)16-3-2-4-17(16)20(22-19)13-5-7-14(21)8-6-13/h2-3,5-11,16-17,20,22H,4H2,1H3,(H,23,24). The second kappa shape index (κ2) is 6.80. The molecular weight excluding hydrogens is 428 g/mol. The van der Waals surface area contributed by atoms with Gasteiger partial charge in [0.2, 0.25) is 5.91 Å². The molecular formula is C20H19BrN2O3S. The number of sulfonamides is 1. The minimum absolute atomic E-state index is 0.111. The van der Waals surface area contributed by atoms with Crippen LogP contribution in [0.15, 0.2) is 64.0 Å². The fourth-order valence-electron chi connectivity index (χ4n) is 3.99. The highest BCUT2D eigenvalue weighted by atomic mass is 79.9. The van der Waals surface area contributed by atoms with E-state index in [0.29, 0.717) is 5.92 Å². The van der Waals surface area contributed by atoms with Gasteiger partial charge in [0.05, 0.1) is 10.9 Å². The highest BCUT2D eigenvalue weighted by Gasteiger charge is 2.38. The fourth-order valence-corrected chi connectivity index (χ4v) is 5.28. The van der Waals surface area contributed by atoms with Crippen LogP contribution in [0.4, 0.5) is 5.69 Å². The van der Waals surface area contributed by atoms with Gasteiger partial charge < -0.3 is 5.32 Å². The number of carbonyl (C=O) groups excluding carboxylic acids is 1. The number of amides is 1. The number of nitrogens with one attached hydrogen (secondary N) is 2. The van der Waals surface area contributed by atoms with Crippen molar-refractivity contribution in [2.75, 3.05) is 5.32 Å². The second-order valence-corrected chi connectivity index (χ2v) is 9.54. The van der Waals surface area contributed by atoms with Gasteiger partial charge in [0.25, 0.3) is 10.0 Å². The van der Waals surface area contributed by atoms with Crippen LogP contribution in [0.2, 0.25) is 0 Å². The number of halogens is 1. The summed E-state index contributed by atoms with van der Waals surface area (Å²) < 4.78 is 27.8. The zero-order valence-corrected chi connectivity index (χ0v) is 17.0. The van der Waals surface area contributed by atoms with Gasteiger partial charge in [-0.1, -0.05) is 40.2 Å². The minimum Gasteiger partial charge on any atom is -0.378 e. The first kappa shape index (κ1) is 18.3. The normalized spacial score (nSPS) is 23.3. The second-order valence-electron chi connectivity index (χ2n) is 6.94. The van der Waals surface area contributed by atoms with Gasteiger partial charge in [-0.2, -0.15) is 0 Å². The first-order valence-corrected chi connectivity index (χ1v) is 11.0. The molecule has 1 aliphatic carbocycles. The first-order valence-electron chi connectivity index (χ1n) is 8.71. The Kier molecular flexibility index (Phi) is 4.60. The molecule has 2 aromatic rings. The van der Waals surface area contributed by atoms with Gasteiger partial charge in [0.1, 0.15) is 0 Å². The smallest absolute Gasteiger partial charge is 0.264 e. The molecule has 3 unspecified atom stereocenters. The molecule has 1 aliphatic heterocycles. The number of anilines is 1. The van der Waals surface area contributed by atoms with Gasteiger partial charge in [-0.05, 0) is 53.8 Å². The predicted molar refractivity (Wildman–Crippen MR) is 108 cm³/mol. The monoisotopic (exact) mass is 446 g/mol. The van der Waals surface area contributed by atoms with Gasteiger partial charge in [0.15, 0.2) is 0 Å². The van der Waals surface area contributed by atoms with E-state index in [1.165, 1.54) is 18.6 Å². The van der Waals surface area contributed by atoms with Gasteiger partial charge in [-0.25, -0.2) is 13.1 Å². The van der Waals surface area contributed by atoms with Gasteiger partial charge in [-0.3, -0.25) is 4.79 Å². The quantitative estimate of drug-likeness (QED) is 0.695. The summed E-state index contributed by atoms with van der Waals surface area (Å²) >= 11 is 3.48. The van der Waals surface area contributed by atoms with Crippen molar-refractivity contribution < 1.29 is 13.2 Å². The first-order chi connectivity index (χ1) is 12.8. The molecule has 3 atom stereocenters. The van der Waals surface area contributed by atoms with Crippen LogP contribution in [0.3, 0.4) is 0 Å². The van der Waals surface area contributed by atoms with Gasteiger partial charge >= 0.3 is 0 Å². The van der Waals surface area contributed by atoms with E-state index in [9.17, 15) is 13.2 Å². The minimum atomic E-state index is -3.85. The van der Waals surface area contributed by atoms with E-state index in [0.717, 1.165) is 22.1 Å². The molecule has 0 radical (unpaired) electrons. The summed E-state index contributed by atoms with van der Waals surface area (Å²) in [6.07, 6.45) is 5.25. The van der Waals surface area contributed by atoms with Crippen LogP contribution in [-0.4, -0.2) is 14.3 Å². The molecule has 4 rings (SSSR count). The number of fused-ring (bicyclic) bond motifs is 3. The Morgan fingerprint density at radius 1 is 1.19 bits per heavy atom. The van der Waals surface area contributed by atoms with Crippen molar-refractivity contribution in [2.24, 2.45) is 5.92 Å². The molecule has 0 saturated heterocycles. The zero-order valence-electron chi connectivity index (χ0n) is 14.6. The molecule has 27 heavy (non-hydrogen) atoms. The van der Waals surface area contributed by atoms with Crippen LogP contribution in [0.25, 0.3) is 0 Å². The predicted octanol–water partition coefficient (Wildman–Crippen LogP) is 4.10. The van der Waals surface area contributed by atoms with Gasteiger partial charge in [-0.15, -0.1) is 0 Å². The molecule has 5 nitrogen and oxygen atoms in total. The summed E-state index contributed by atoms with van der Waals surface area (Å²) in [4.78, 5) is 11.3. The Balaban J connectivity index is 1.74. The molecule has 2 N–H and O–H groups in total. The summed E-state index contributed by atoms with van der Waals surface area (Å²) in [5.74, 6) is -0.139. The molecule has 0 spiro atoms. The number of hydrogen-bond acceptors (Lipinski definition) is 4. The molecule has 0 fully saturated rings. The average molecular weight is 447 g/mol. The van der Waals surface area contributed by atoms with Crippen LogP contribution in [0.1, 0.15) is 36.4 Å². The van der Waals surface area contributed by atoms with Crippen molar-refractivity contribution in [3.63, 3.8) is 0 Å². The van der Waals surface area contributed by atoms with E-state index in [4.69, 9.17) is 0 Å². The Morgan fingerprint density at radius 2 is 1.93 bits per heavy atom. The molecule has 2 aliphatic rings. The molecule has 1 heterocycles. The lowest BCUT2D eigenvalue weighted by Gasteiger charge is -2.37. The summed E-state index contributed by atoms with van der Waals surface area (Å²) in [5.41, 5.74) is 3.09. The molecule has 140 valence electrons. The summed E-state index contributed by atoms with van der Waals surface area (Å²) in [6, 6.07) is 13.4. The van der Waals surface area contributed by atoms with Crippen LogP contribution >= 0.6 is 15.9 Å². The van der Waals surface area contributed by atoms with E-state index >= 15 is 0 Å². The highest BCUT2D eigenvalue weighted by Crippen LogP contribution is 2.50. The lowest BCUT2D eigenvalue weighted by Crippen LogP contribution is -2.31. The maximum absolute atomic E-state index is 12.4. The van der Waals surface area contributed by atoms with E-state index in [-0.39, 0.29) is 16.9 Å². The Labute approximate surface area is 167 Å². The summed E-state index contributed by atoms with van der Waals surface area (Å²) in [5, 5.41) is 3.59. The third kappa shape index (κ3) is 3.41. The van der Waals surface area contributed by atoms with Crippen molar-refractivity contribution in [1.82, 2.24) is 4.72 Å². The molecule has 7 heteroatoms. The van der Waals surface area contributed by atoms with Crippen molar-refractivity contribution in [3.8, 4) is 0 Å². The molecule has 0 saturated carbocycles. The average Bonchev–Trinajstić information content (AvgIpc) is 3.10. The molecule has 1 amide bonds. The van der Waals surface area contributed by atoms with Crippen molar-refractivity contribution in [2.45, 2.75) is 30.2 Å². The topological polar surface area (TPSA) is 75.3 Å². The maximum atomic E-state index is 12.4. The third-order valence-corrected chi connectivity index (χ3v) is 7.11. The van der Waals surface area contributed by atoms with E-state index in [1.807, 2.05) is 16.9 Å². The maximum Gasteiger partial charge on any atom is 0.264 e. The SMILES string of the molecule is CC(=O)NS(=O)(=O)c1ccc2c(c1)C1C=CCC1C(c1ccc(Br)cc1)N2. The molecule has 0 aromatic heterocycles. The number of rotatable bonds is 3. The zero-order chi connectivity index (χ0) is 19.2. The molecule has 0 bridgehead atoms. The van der Waals surface area contributed by atoms with Gasteiger partial charge in [0, 0.05) is 23.0 Å². The largest absolute Gasteiger partial charge is 0.378 e. The third-order valence-electron chi connectivity index (χ3n) is 5.15. The number of hydrogen-bond donors (Lipinski definition) is 2. The van der Waals surface area contributed by atoms with Crippen LogP contribution < -0.4 is 10.0 Å². The Bertz CT molecular complexity index is 1030.